The number of sulfonamides is 1. The van der Waals surface area contributed by atoms with E-state index in [1.54, 1.807) is 18.2 Å². The molecule has 10 nitrogen and oxygen atoms in total. The second-order valence-corrected chi connectivity index (χ2v) is 11.0. The highest BCUT2D eigenvalue weighted by molar-refractivity contribution is 7.93. The molecule has 1 aliphatic heterocycles. The number of nitrogens with two attached hydrogens (primary N) is 1. The van der Waals surface area contributed by atoms with E-state index in [1.807, 2.05) is 17.0 Å². The number of nitrogens with one attached hydrogen (secondary N) is 1. The fourth-order valence-electron chi connectivity index (χ4n) is 4.04. The van der Waals surface area contributed by atoms with Crippen LogP contribution in [0.3, 0.4) is 0 Å². The Kier molecular flexibility index (Phi) is 7.50. The molecule has 0 bridgehead atoms. The molecule has 2 aliphatic rings. The van der Waals surface area contributed by atoms with E-state index in [4.69, 9.17) is 28.9 Å². The quantitative estimate of drug-likeness (QED) is 0.439. The van der Waals surface area contributed by atoms with Crippen molar-refractivity contribution in [1.82, 2.24) is 10.2 Å². The van der Waals surface area contributed by atoms with Gasteiger partial charge in [-0.15, -0.1) is 10.2 Å². The molecule has 1 aromatic carbocycles. The number of hydrogen-bond donors (Lipinski definition) is 3. The zero-order valence-electron chi connectivity index (χ0n) is 18.6. The van der Waals surface area contributed by atoms with Crippen LogP contribution in [-0.4, -0.2) is 61.1 Å². The van der Waals surface area contributed by atoms with Gasteiger partial charge in [0.2, 0.25) is 10.0 Å². The maximum atomic E-state index is 13.4. The fraction of sp³-hybridized carbons (Fsp3) is 0.318. The number of carboxylic acids is 1. The van der Waals surface area contributed by atoms with Gasteiger partial charge < -0.3 is 21.1 Å². The maximum absolute atomic E-state index is 13.4. The average Bonchev–Trinajstić information content (AvgIpc) is 3.24. The Hall–Kier alpha value is -2.86. The standard InChI is InChI=1S/C22H24Cl2N6O4S/c23-15-10-16(24)12-18(11-15)35(33,34)30(13-22(31)32)17-1-2-19-14(9-17)5-8-29(19)21-4-3-20(27-28-21)26-7-6-25/h1-4,9-11,18H,5-8,12-13,25H2,(H,26,27)(H,31,32). The van der Waals surface area contributed by atoms with E-state index in [0.29, 0.717) is 37.7 Å². The van der Waals surface area contributed by atoms with Gasteiger partial charge >= 0.3 is 5.97 Å². The lowest BCUT2D eigenvalue weighted by Gasteiger charge is -2.28. The van der Waals surface area contributed by atoms with Gasteiger partial charge in [0.25, 0.3) is 0 Å². The Morgan fingerprint density at radius 3 is 2.71 bits per heavy atom. The molecule has 0 saturated heterocycles. The molecule has 0 fully saturated rings. The van der Waals surface area contributed by atoms with Gasteiger partial charge in [-0.05, 0) is 54.5 Å². The van der Waals surface area contributed by atoms with Crippen molar-refractivity contribution in [2.75, 3.05) is 40.7 Å². The Labute approximate surface area is 213 Å². The molecule has 1 unspecified atom stereocenters. The van der Waals surface area contributed by atoms with Crippen LogP contribution in [0.1, 0.15) is 12.0 Å². The number of anilines is 4. The van der Waals surface area contributed by atoms with Crippen molar-refractivity contribution < 1.29 is 18.3 Å². The van der Waals surface area contributed by atoms with E-state index in [1.165, 1.54) is 12.2 Å². The zero-order valence-corrected chi connectivity index (χ0v) is 20.9. The first-order valence-corrected chi connectivity index (χ1v) is 13.1. The van der Waals surface area contributed by atoms with Crippen LogP contribution in [-0.2, 0) is 21.2 Å². The van der Waals surface area contributed by atoms with Crippen LogP contribution < -0.4 is 20.3 Å². The molecule has 0 amide bonds. The first-order chi connectivity index (χ1) is 16.7. The largest absolute Gasteiger partial charge is 0.480 e. The monoisotopic (exact) mass is 538 g/mol. The van der Waals surface area contributed by atoms with E-state index >= 15 is 0 Å². The fourth-order valence-corrected chi connectivity index (χ4v) is 6.56. The molecule has 1 atom stereocenters. The molecule has 2 aromatic rings. The lowest BCUT2D eigenvalue weighted by molar-refractivity contribution is -0.135. The third kappa shape index (κ3) is 5.53. The third-order valence-corrected chi connectivity index (χ3v) is 8.15. The Morgan fingerprint density at radius 2 is 2.06 bits per heavy atom. The number of fused-ring (bicyclic) bond motifs is 1. The molecule has 0 radical (unpaired) electrons. The maximum Gasteiger partial charge on any atom is 0.324 e. The van der Waals surface area contributed by atoms with Crippen LogP contribution in [0.25, 0.3) is 0 Å². The SMILES string of the molecule is NCCNc1ccc(N2CCc3cc(N(CC(=O)O)S(=O)(=O)C4C=C(Cl)C=C(Cl)C4)ccc32)nn1. The summed E-state index contributed by atoms with van der Waals surface area (Å²) in [5, 5.41) is 20.4. The number of carbonyl (C=O) groups is 1. The van der Waals surface area contributed by atoms with Gasteiger partial charge in [-0.1, -0.05) is 23.2 Å². The summed E-state index contributed by atoms with van der Waals surface area (Å²) < 4.78 is 27.8. The third-order valence-electron chi connectivity index (χ3n) is 5.63. The number of benzene rings is 1. The molecule has 4 rings (SSSR count). The van der Waals surface area contributed by atoms with Crippen LogP contribution in [0.2, 0.25) is 0 Å². The van der Waals surface area contributed by atoms with E-state index in [0.717, 1.165) is 15.6 Å². The van der Waals surface area contributed by atoms with Crippen molar-refractivity contribution in [3.05, 3.63) is 58.1 Å². The minimum atomic E-state index is -4.12. The number of allylic oxidation sites excluding steroid dienone is 3. The first-order valence-electron chi connectivity index (χ1n) is 10.8. The summed E-state index contributed by atoms with van der Waals surface area (Å²) >= 11 is 12.1. The number of rotatable bonds is 9. The van der Waals surface area contributed by atoms with Gasteiger partial charge in [-0.3, -0.25) is 9.10 Å². The highest BCUT2D eigenvalue weighted by Crippen LogP contribution is 2.37. The highest BCUT2D eigenvalue weighted by atomic mass is 35.5. The van der Waals surface area contributed by atoms with Gasteiger partial charge in [0.1, 0.15) is 17.6 Å². The van der Waals surface area contributed by atoms with Crippen LogP contribution in [0.5, 0.6) is 0 Å². The molecule has 13 heteroatoms. The number of aliphatic carboxylic acids is 1. The topological polar surface area (TPSA) is 142 Å². The van der Waals surface area contributed by atoms with Crippen LogP contribution in [0.4, 0.5) is 23.0 Å². The molecule has 4 N–H and O–H groups in total. The van der Waals surface area contributed by atoms with Crippen LogP contribution >= 0.6 is 23.2 Å². The molecule has 186 valence electrons. The summed E-state index contributed by atoms with van der Waals surface area (Å²) in [4.78, 5) is 13.6. The number of aromatic nitrogens is 2. The molecular weight excluding hydrogens is 515 g/mol. The predicted octanol–water partition coefficient (Wildman–Crippen LogP) is 2.78. The van der Waals surface area contributed by atoms with Gasteiger partial charge in [0.15, 0.2) is 5.82 Å². The van der Waals surface area contributed by atoms with Crippen molar-refractivity contribution >= 4 is 62.2 Å². The summed E-state index contributed by atoms with van der Waals surface area (Å²) in [6, 6.07) is 8.71. The van der Waals surface area contributed by atoms with Crippen molar-refractivity contribution in [1.29, 1.82) is 0 Å². The summed E-state index contributed by atoms with van der Waals surface area (Å²) in [5.41, 5.74) is 7.47. The van der Waals surface area contributed by atoms with Gasteiger partial charge in [0, 0.05) is 41.8 Å². The van der Waals surface area contributed by atoms with Crippen LogP contribution in [0, 0.1) is 0 Å². The molecule has 35 heavy (non-hydrogen) atoms. The molecule has 1 aliphatic carbocycles. The normalized spacial score (nSPS) is 17.5. The number of hydrogen-bond acceptors (Lipinski definition) is 8. The Morgan fingerprint density at radius 1 is 1.26 bits per heavy atom. The van der Waals surface area contributed by atoms with E-state index in [9.17, 15) is 18.3 Å². The van der Waals surface area contributed by atoms with Crippen molar-refractivity contribution in [2.45, 2.75) is 18.1 Å². The number of carboxylic acid groups (broad SMARTS) is 1. The van der Waals surface area contributed by atoms with Crippen molar-refractivity contribution in [3.8, 4) is 0 Å². The number of nitrogens with zero attached hydrogens (tertiary/aromatic N) is 4. The lowest BCUT2D eigenvalue weighted by Crippen LogP contribution is -2.42. The Bertz CT molecular complexity index is 1280. The lowest BCUT2D eigenvalue weighted by atomic mass is 10.1. The van der Waals surface area contributed by atoms with Gasteiger partial charge in [-0.25, -0.2) is 8.42 Å². The van der Waals surface area contributed by atoms with Crippen molar-refractivity contribution in [3.63, 3.8) is 0 Å². The summed E-state index contributed by atoms with van der Waals surface area (Å²) in [7, 11) is -4.12. The van der Waals surface area contributed by atoms with Crippen molar-refractivity contribution in [2.24, 2.45) is 5.73 Å². The number of halogens is 2. The van der Waals surface area contributed by atoms with Gasteiger partial charge in [-0.2, -0.15) is 0 Å². The molecule has 1 aromatic heterocycles. The molecule has 0 spiro atoms. The molecule has 2 heterocycles. The highest BCUT2D eigenvalue weighted by Gasteiger charge is 2.35. The second kappa shape index (κ2) is 10.4. The average molecular weight is 539 g/mol. The smallest absolute Gasteiger partial charge is 0.324 e. The second-order valence-electron chi connectivity index (χ2n) is 8.04. The van der Waals surface area contributed by atoms with E-state index in [2.05, 4.69) is 15.5 Å². The Balaban J connectivity index is 1.62. The minimum Gasteiger partial charge on any atom is -0.480 e. The zero-order chi connectivity index (χ0) is 25.2. The predicted molar refractivity (Wildman–Crippen MR) is 137 cm³/mol. The molecular formula is C22H24Cl2N6O4S. The van der Waals surface area contributed by atoms with Gasteiger partial charge in [0.05, 0.1) is 5.69 Å². The summed E-state index contributed by atoms with van der Waals surface area (Å²) in [6.07, 6.45) is 3.49. The molecule has 0 saturated carbocycles. The summed E-state index contributed by atoms with van der Waals surface area (Å²) in [5.74, 6) is -0.00892. The summed E-state index contributed by atoms with van der Waals surface area (Å²) in [6.45, 7) is 0.963. The van der Waals surface area contributed by atoms with Crippen LogP contribution in [0.15, 0.2) is 52.5 Å². The van der Waals surface area contributed by atoms with E-state index < -0.39 is 27.8 Å². The first kappa shape index (κ1) is 25.2. The van der Waals surface area contributed by atoms with E-state index in [-0.39, 0.29) is 22.2 Å². The minimum absolute atomic E-state index is 0.0176.